The standard InChI is InChI=1S/C17H22F3N3O/c1-11(14-4-6-15(7-5-14)17(18,19)20)21-10-16-12(2)22-23(8-9-24)13(16)3/h4-7,11,21,24H,8-10H2,1-3H3. The summed E-state index contributed by atoms with van der Waals surface area (Å²) < 4.78 is 39.6. The van der Waals surface area contributed by atoms with Crippen LogP contribution in [0.3, 0.4) is 0 Å². The fourth-order valence-corrected chi connectivity index (χ4v) is 2.64. The smallest absolute Gasteiger partial charge is 0.394 e. The van der Waals surface area contributed by atoms with Gasteiger partial charge in [-0.3, -0.25) is 4.68 Å². The van der Waals surface area contributed by atoms with E-state index in [9.17, 15) is 13.2 Å². The van der Waals surface area contributed by atoms with E-state index in [0.29, 0.717) is 13.1 Å². The maximum atomic E-state index is 12.6. The van der Waals surface area contributed by atoms with Crippen molar-refractivity contribution in [2.24, 2.45) is 0 Å². The summed E-state index contributed by atoms with van der Waals surface area (Å²) in [7, 11) is 0. The molecule has 132 valence electrons. The molecule has 1 atom stereocenters. The Kier molecular flexibility index (Phi) is 5.66. The molecule has 0 aliphatic heterocycles. The topological polar surface area (TPSA) is 50.1 Å². The SMILES string of the molecule is Cc1nn(CCO)c(C)c1CNC(C)c1ccc(C(F)(F)F)cc1. The van der Waals surface area contributed by atoms with Gasteiger partial charge in [0.25, 0.3) is 0 Å². The normalized spacial score (nSPS) is 13.3. The molecule has 2 aromatic rings. The number of aromatic nitrogens is 2. The minimum absolute atomic E-state index is 0.0246. The van der Waals surface area contributed by atoms with Crippen LogP contribution in [-0.2, 0) is 19.3 Å². The van der Waals surface area contributed by atoms with Gasteiger partial charge in [-0.1, -0.05) is 12.1 Å². The zero-order valence-corrected chi connectivity index (χ0v) is 14.0. The van der Waals surface area contributed by atoms with Gasteiger partial charge < -0.3 is 10.4 Å². The first-order valence-electron chi connectivity index (χ1n) is 7.78. The highest BCUT2D eigenvalue weighted by atomic mass is 19.4. The second-order valence-corrected chi connectivity index (χ2v) is 5.82. The Morgan fingerprint density at radius 3 is 2.38 bits per heavy atom. The summed E-state index contributed by atoms with van der Waals surface area (Å²) in [6.45, 7) is 6.78. The van der Waals surface area contributed by atoms with Crippen LogP contribution in [0, 0.1) is 13.8 Å². The highest BCUT2D eigenvalue weighted by Crippen LogP contribution is 2.30. The summed E-state index contributed by atoms with van der Waals surface area (Å²) in [4.78, 5) is 0. The van der Waals surface area contributed by atoms with Gasteiger partial charge >= 0.3 is 6.18 Å². The third-order valence-electron chi connectivity index (χ3n) is 4.17. The van der Waals surface area contributed by atoms with Gasteiger partial charge in [-0.25, -0.2) is 0 Å². The minimum Gasteiger partial charge on any atom is -0.394 e. The number of benzene rings is 1. The molecule has 1 aromatic heterocycles. The lowest BCUT2D eigenvalue weighted by Gasteiger charge is -2.16. The summed E-state index contributed by atoms with van der Waals surface area (Å²) in [6.07, 6.45) is -4.31. The Balaban J connectivity index is 2.04. The van der Waals surface area contributed by atoms with Gasteiger partial charge in [0.05, 0.1) is 24.4 Å². The Labute approximate surface area is 139 Å². The third kappa shape index (κ3) is 4.15. The number of nitrogens with one attached hydrogen (secondary N) is 1. The van der Waals surface area contributed by atoms with Crippen molar-refractivity contribution >= 4 is 0 Å². The molecule has 0 amide bonds. The Morgan fingerprint density at radius 1 is 1.21 bits per heavy atom. The van der Waals surface area contributed by atoms with Crippen LogP contribution in [0.15, 0.2) is 24.3 Å². The van der Waals surface area contributed by atoms with E-state index in [1.54, 1.807) is 4.68 Å². The molecule has 0 saturated carbocycles. The van der Waals surface area contributed by atoms with Gasteiger partial charge in [-0.05, 0) is 38.5 Å². The molecule has 4 nitrogen and oxygen atoms in total. The number of alkyl halides is 3. The predicted octanol–water partition coefficient (Wildman–Crippen LogP) is 3.36. The first-order valence-corrected chi connectivity index (χ1v) is 7.78. The lowest BCUT2D eigenvalue weighted by Crippen LogP contribution is -2.19. The molecule has 0 spiro atoms. The molecule has 7 heteroatoms. The molecule has 0 aliphatic carbocycles. The van der Waals surface area contributed by atoms with Crippen LogP contribution < -0.4 is 5.32 Å². The van der Waals surface area contributed by atoms with E-state index in [1.807, 2.05) is 20.8 Å². The summed E-state index contributed by atoms with van der Waals surface area (Å²) in [5.74, 6) is 0. The second-order valence-electron chi connectivity index (χ2n) is 5.82. The molecule has 24 heavy (non-hydrogen) atoms. The lowest BCUT2D eigenvalue weighted by atomic mass is 10.1. The Bertz CT molecular complexity index is 678. The van der Waals surface area contributed by atoms with Crippen molar-refractivity contribution < 1.29 is 18.3 Å². The summed E-state index contributed by atoms with van der Waals surface area (Å²) in [5, 5.41) is 16.7. The van der Waals surface area contributed by atoms with E-state index in [0.717, 1.165) is 34.6 Å². The van der Waals surface area contributed by atoms with Crippen LogP contribution in [0.2, 0.25) is 0 Å². The number of hydrogen-bond acceptors (Lipinski definition) is 3. The maximum absolute atomic E-state index is 12.6. The van der Waals surface area contributed by atoms with Crippen LogP contribution in [0.25, 0.3) is 0 Å². The van der Waals surface area contributed by atoms with Gasteiger partial charge in [-0.15, -0.1) is 0 Å². The number of aliphatic hydroxyl groups is 1. The van der Waals surface area contributed by atoms with Crippen molar-refractivity contribution in [1.29, 1.82) is 0 Å². The first kappa shape index (κ1) is 18.5. The largest absolute Gasteiger partial charge is 0.416 e. The zero-order valence-electron chi connectivity index (χ0n) is 14.0. The van der Waals surface area contributed by atoms with E-state index in [-0.39, 0.29) is 12.6 Å². The average Bonchev–Trinajstić information content (AvgIpc) is 2.79. The Hall–Kier alpha value is -1.86. The molecule has 2 N–H and O–H groups in total. The molecule has 1 aromatic carbocycles. The van der Waals surface area contributed by atoms with E-state index in [1.165, 1.54) is 12.1 Å². The predicted molar refractivity (Wildman–Crippen MR) is 85.5 cm³/mol. The molecule has 0 saturated heterocycles. The molecule has 2 rings (SSSR count). The number of nitrogens with zero attached hydrogens (tertiary/aromatic N) is 2. The van der Waals surface area contributed by atoms with Crippen LogP contribution >= 0.6 is 0 Å². The van der Waals surface area contributed by atoms with Crippen molar-refractivity contribution in [1.82, 2.24) is 15.1 Å². The van der Waals surface area contributed by atoms with E-state index in [2.05, 4.69) is 10.4 Å². The molecule has 0 fully saturated rings. The Morgan fingerprint density at radius 2 is 1.83 bits per heavy atom. The third-order valence-corrected chi connectivity index (χ3v) is 4.17. The number of hydrogen-bond donors (Lipinski definition) is 2. The second kappa shape index (κ2) is 7.36. The zero-order chi connectivity index (χ0) is 17.9. The van der Waals surface area contributed by atoms with Crippen molar-refractivity contribution in [3.8, 4) is 0 Å². The molecule has 1 heterocycles. The van der Waals surface area contributed by atoms with Crippen LogP contribution in [-0.4, -0.2) is 21.5 Å². The van der Waals surface area contributed by atoms with Gasteiger partial charge in [-0.2, -0.15) is 18.3 Å². The van der Waals surface area contributed by atoms with E-state index >= 15 is 0 Å². The van der Waals surface area contributed by atoms with Crippen molar-refractivity contribution in [2.45, 2.75) is 46.1 Å². The monoisotopic (exact) mass is 341 g/mol. The number of aliphatic hydroxyl groups excluding tert-OH is 1. The quantitative estimate of drug-likeness (QED) is 0.847. The van der Waals surface area contributed by atoms with Gasteiger partial charge in [0, 0.05) is 23.8 Å². The molecule has 0 bridgehead atoms. The van der Waals surface area contributed by atoms with Gasteiger partial charge in [0.1, 0.15) is 0 Å². The maximum Gasteiger partial charge on any atom is 0.416 e. The summed E-state index contributed by atoms with van der Waals surface area (Å²) in [6, 6.07) is 5.10. The summed E-state index contributed by atoms with van der Waals surface area (Å²) >= 11 is 0. The average molecular weight is 341 g/mol. The first-order chi connectivity index (χ1) is 11.2. The van der Waals surface area contributed by atoms with Crippen molar-refractivity contribution in [2.75, 3.05) is 6.61 Å². The lowest BCUT2D eigenvalue weighted by molar-refractivity contribution is -0.137. The number of aryl methyl sites for hydroxylation is 1. The summed E-state index contributed by atoms with van der Waals surface area (Å²) in [5.41, 5.74) is 3.06. The fraction of sp³-hybridized carbons (Fsp3) is 0.471. The van der Waals surface area contributed by atoms with Crippen LogP contribution in [0.5, 0.6) is 0 Å². The van der Waals surface area contributed by atoms with Gasteiger partial charge in [0.2, 0.25) is 0 Å². The van der Waals surface area contributed by atoms with E-state index < -0.39 is 11.7 Å². The van der Waals surface area contributed by atoms with Gasteiger partial charge in [0.15, 0.2) is 0 Å². The minimum atomic E-state index is -4.31. The molecular weight excluding hydrogens is 319 g/mol. The molecule has 0 aliphatic rings. The molecular formula is C17H22F3N3O. The fourth-order valence-electron chi connectivity index (χ4n) is 2.64. The molecule has 1 unspecified atom stereocenters. The number of rotatable bonds is 6. The molecule has 0 radical (unpaired) electrons. The van der Waals surface area contributed by atoms with Crippen LogP contribution in [0.1, 0.15) is 41.0 Å². The van der Waals surface area contributed by atoms with E-state index in [4.69, 9.17) is 5.11 Å². The highest BCUT2D eigenvalue weighted by molar-refractivity contribution is 5.28. The van der Waals surface area contributed by atoms with Crippen molar-refractivity contribution in [3.05, 3.63) is 52.3 Å². The number of halogens is 3. The highest BCUT2D eigenvalue weighted by Gasteiger charge is 2.30. The van der Waals surface area contributed by atoms with Crippen LogP contribution in [0.4, 0.5) is 13.2 Å². The van der Waals surface area contributed by atoms with Crippen molar-refractivity contribution in [3.63, 3.8) is 0 Å².